The average molecular weight is 361 g/mol. The highest BCUT2D eigenvalue weighted by molar-refractivity contribution is 6.00. The van der Waals surface area contributed by atoms with E-state index in [4.69, 9.17) is 4.52 Å². The van der Waals surface area contributed by atoms with Crippen LogP contribution in [0.3, 0.4) is 0 Å². The molecule has 0 aliphatic carbocycles. The van der Waals surface area contributed by atoms with Crippen LogP contribution in [0, 0.1) is 12.7 Å². The van der Waals surface area contributed by atoms with E-state index in [-0.39, 0.29) is 17.6 Å². The molecule has 1 heterocycles. The van der Waals surface area contributed by atoms with Crippen LogP contribution in [0.1, 0.15) is 42.8 Å². The molecular formula is C19H24FN3O3. The number of amides is 2. The summed E-state index contributed by atoms with van der Waals surface area (Å²) in [4.78, 5) is 26.2. The van der Waals surface area contributed by atoms with Crippen LogP contribution in [0.5, 0.6) is 0 Å². The fourth-order valence-electron chi connectivity index (χ4n) is 2.71. The van der Waals surface area contributed by atoms with Gasteiger partial charge in [0.15, 0.2) is 0 Å². The molecule has 2 amide bonds. The molecular weight excluding hydrogens is 337 g/mol. The highest BCUT2D eigenvalue weighted by Gasteiger charge is 2.21. The molecule has 1 aromatic heterocycles. The molecule has 0 saturated heterocycles. The molecule has 0 aliphatic heterocycles. The van der Waals surface area contributed by atoms with Gasteiger partial charge in [0, 0.05) is 31.6 Å². The largest absolute Gasteiger partial charge is 0.360 e. The fourth-order valence-corrected chi connectivity index (χ4v) is 2.71. The Balaban J connectivity index is 1.97. The van der Waals surface area contributed by atoms with Crippen molar-refractivity contribution in [3.05, 3.63) is 41.4 Å². The summed E-state index contributed by atoms with van der Waals surface area (Å²) in [6, 6.07) is 5.71. The van der Waals surface area contributed by atoms with Crippen molar-refractivity contribution in [3.63, 3.8) is 0 Å². The van der Waals surface area contributed by atoms with Gasteiger partial charge in [0.05, 0.1) is 0 Å². The van der Waals surface area contributed by atoms with E-state index in [1.807, 2.05) is 13.8 Å². The fraction of sp³-hybridized carbons (Fsp3) is 0.421. The van der Waals surface area contributed by atoms with Gasteiger partial charge in [0.1, 0.15) is 22.8 Å². The standard InChI is InChI=1S/C19H24FN3O3/c1-4-23(5-2)16(24)7-6-12-21-19(25)17-13(3)26-22-18(17)14-8-10-15(20)11-9-14/h8-11H,4-7,12H2,1-3H3,(H,21,25). The van der Waals surface area contributed by atoms with E-state index in [0.717, 1.165) is 0 Å². The smallest absolute Gasteiger partial charge is 0.257 e. The summed E-state index contributed by atoms with van der Waals surface area (Å²) in [5.41, 5.74) is 1.30. The first-order valence-electron chi connectivity index (χ1n) is 8.76. The van der Waals surface area contributed by atoms with Gasteiger partial charge >= 0.3 is 0 Å². The second-order valence-corrected chi connectivity index (χ2v) is 5.89. The van der Waals surface area contributed by atoms with Crippen molar-refractivity contribution in [1.82, 2.24) is 15.4 Å². The highest BCUT2D eigenvalue weighted by Crippen LogP contribution is 2.25. The lowest BCUT2D eigenvalue weighted by Gasteiger charge is -2.18. The zero-order valence-electron chi connectivity index (χ0n) is 15.3. The molecule has 0 bridgehead atoms. The number of nitrogens with one attached hydrogen (secondary N) is 1. The Morgan fingerprint density at radius 3 is 2.46 bits per heavy atom. The Morgan fingerprint density at radius 1 is 1.19 bits per heavy atom. The first kappa shape index (κ1) is 19.6. The second kappa shape index (κ2) is 9.12. The van der Waals surface area contributed by atoms with Crippen LogP contribution in [0.15, 0.2) is 28.8 Å². The molecule has 0 unspecified atom stereocenters. The third-order valence-electron chi connectivity index (χ3n) is 4.18. The Hall–Kier alpha value is -2.70. The van der Waals surface area contributed by atoms with E-state index in [1.165, 1.54) is 12.1 Å². The van der Waals surface area contributed by atoms with Crippen molar-refractivity contribution in [1.29, 1.82) is 0 Å². The van der Waals surface area contributed by atoms with Gasteiger partial charge in [-0.15, -0.1) is 0 Å². The molecule has 2 rings (SSSR count). The molecule has 26 heavy (non-hydrogen) atoms. The Morgan fingerprint density at radius 2 is 1.85 bits per heavy atom. The third-order valence-corrected chi connectivity index (χ3v) is 4.18. The van der Waals surface area contributed by atoms with Gasteiger partial charge in [-0.3, -0.25) is 9.59 Å². The van der Waals surface area contributed by atoms with E-state index in [0.29, 0.717) is 55.1 Å². The van der Waals surface area contributed by atoms with E-state index in [9.17, 15) is 14.0 Å². The Labute approximate surface area is 152 Å². The number of aromatic nitrogens is 1. The van der Waals surface area contributed by atoms with E-state index >= 15 is 0 Å². The first-order chi connectivity index (χ1) is 12.5. The highest BCUT2D eigenvalue weighted by atomic mass is 19.1. The summed E-state index contributed by atoms with van der Waals surface area (Å²) in [7, 11) is 0. The summed E-state index contributed by atoms with van der Waals surface area (Å²) in [5.74, 6) is -0.213. The Bertz CT molecular complexity index is 752. The van der Waals surface area contributed by atoms with Gasteiger partial charge in [0.25, 0.3) is 5.91 Å². The molecule has 2 aromatic rings. The normalized spacial score (nSPS) is 10.6. The summed E-state index contributed by atoms with van der Waals surface area (Å²) in [6.45, 7) is 7.27. The van der Waals surface area contributed by atoms with Gasteiger partial charge in [-0.25, -0.2) is 4.39 Å². The van der Waals surface area contributed by atoms with Crippen LogP contribution in [-0.4, -0.2) is 41.5 Å². The van der Waals surface area contributed by atoms with Gasteiger partial charge < -0.3 is 14.7 Å². The SMILES string of the molecule is CCN(CC)C(=O)CCCNC(=O)c1c(-c2ccc(F)cc2)noc1C. The lowest BCUT2D eigenvalue weighted by atomic mass is 10.1. The molecule has 140 valence electrons. The summed E-state index contributed by atoms with van der Waals surface area (Å²) >= 11 is 0. The first-order valence-corrected chi connectivity index (χ1v) is 8.76. The lowest BCUT2D eigenvalue weighted by Crippen LogP contribution is -2.31. The summed E-state index contributed by atoms with van der Waals surface area (Å²) in [6.07, 6.45) is 0.937. The van der Waals surface area contributed by atoms with Crippen molar-refractivity contribution in [2.75, 3.05) is 19.6 Å². The second-order valence-electron chi connectivity index (χ2n) is 5.89. The summed E-state index contributed by atoms with van der Waals surface area (Å²) in [5, 5.41) is 6.71. The quantitative estimate of drug-likeness (QED) is 0.733. The minimum absolute atomic E-state index is 0.0809. The number of aryl methyl sites for hydroxylation is 1. The van der Waals surface area contributed by atoms with Gasteiger partial charge in [0.2, 0.25) is 5.91 Å². The van der Waals surface area contributed by atoms with Crippen LogP contribution in [0.25, 0.3) is 11.3 Å². The molecule has 0 fully saturated rings. The maximum absolute atomic E-state index is 13.1. The minimum Gasteiger partial charge on any atom is -0.360 e. The number of rotatable bonds is 8. The number of carbonyl (C=O) groups excluding carboxylic acids is 2. The number of hydrogen-bond acceptors (Lipinski definition) is 4. The maximum atomic E-state index is 13.1. The van der Waals surface area contributed by atoms with Gasteiger partial charge in [-0.05, 0) is 51.5 Å². The van der Waals surface area contributed by atoms with Crippen LogP contribution in [0.2, 0.25) is 0 Å². The van der Waals surface area contributed by atoms with Crippen molar-refractivity contribution in [3.8, 4) is 11.3 Å². The predicted molar refractivity (Wildman–Crippen MR) is 96.1 cm³/mol. The van der Waals surface area contributed by atoms with Crippen LogP contribution in [0.4, 0.5) is 4.39 Å². The Kier molecular flexibility index (Phi) is 6.89. The van der Waals surface area contributed by atoms with E-state index < -0.39 is 0 Å². The molecule has 7 heteroatoms. The van der Waals surface area contributed by atoms with Crippen molar-refractivity contribution >= 4 is 11.8 Å². The number of halogens is 1. The third kappa shape index (κ3) is 4.68. The van der Waals surface area contributed by atoms with E-state index in [1.54, 1.807) is 24.0 Å². The maximum Gasteiger partial charge on any atom is 0.257 e. The number of nitrogens with zero attached hydrogens (tertiary/aromatic N) is 2. The average Bonchev–Trinajstić information content (AvgIpc) is 3.02. The lowest BCUT2D eigenvalue weighted by molar-refractivity contribution is -0.130. The van der Waals surface area contributed by atoms with Crippen LogP contribution < -0.4 is 5.32 Å². The van der Waals surface area contributed by atoms with Crippen molar-refractivity contribution in [2.24, 2.45) is 0 Å². The molecule has 0 atom stereocenters. The van der Waals surface area contributed by atoms with Crippen molar-refractivity contribution < 1.29 is 18.5 Å². The monoisotopic (exact) mass is 361 g/mol. The molecule has 1 aromatic carbocycles. The topological polar surface area (TPSA) is 75.4 Å². The molecule has 0 spiro atoms. The molecule has 0 radical (unpaired) electrons. The summed E-state index contributed by atoms with van der Waals surface area (Å²) < 4.78 is 18.2. The number of benzene rings is 1. The number of hydrogen-bond donors (Lipinski definition) is 1. The van der Waals surface area contributed by atoms with Crippen molar-refractivity contribution in [2.45, 2.75) is 33.6 Å². The molecule has 0 aliphatic rings. The van der Waals surface area contributed by atoms with Gasteiger partial charge in [-0.1, -0.05) is 5.16 Å². The van der Waals surface area contributed by atoms with Gasteiger partial charge in [-0.2, -0.15) is 0 Å². The van der Waals surface area contributed by atoms with Crippen LogP contribution in [-0.2, 0) is 4.79 Å². The predicted octanol–water partition coefficient (Wildman–Crippen LogP) is 3.17. The molecule has 0 saturated carbocycles. The number of carbonyl (C=O) groups is 2. The zero-order valence-corrected chi connectivity index (χ0v) is 15.3. The zero-order chi connectivity index (χ0) is 19.1. The van der Waals surface area contributed by atoms with Crippen LogP contribution >= 0.6 is 0 Å². The van der Waals surface area contributed by atoms with E-state index in [2.05, 4.69) is 10.5 Å². The minimum atomic E-state index is -0.363. The molecule has 6 nitrogen and oxygen atoms in total. The molecule has 1 N–H and O–H groups in total.